The second kappa shape index (κ2) is 11.6. The number of allylic oxidation sites excluding steroid dienone is 1. The standard InChI is InChI=1S/C23H23F3N4O2S/c1-2-13-30-20(15-32-19-10-6-9-18(14-19)23(24,25)26)28-29-22(30)33-16-21(31)27-12-11-17-7-4-3-5-8-17/h2-10,14H,1,11-13,15-16H2,(H,27,31). The molecule has 2 aromatic carbocycles. The van der Waals surface area contributed by atoms with Gasteiger partial charge in [0, 0.05) is 13.1 Å². The molecule has 0 aliphatic carbocycles. The number of rotatable bonds is 11. The molecule has 1 amide bonds. The van der Waals surface area contributed by atoms with Gasteiger partial charge in [0.2, 0.25) is 5.91 Å². The number of nitrogens with zero attached hydrogens (tertiary/aromatic N) is 3. The molecule has 0 aliphatic rings. The Labute approximate surface area is 193 Å². The molecule has 6 nitrogen and oxygen atoms in total. The van der Waals surface area contributed by atoms with E-state index in [-0.39, 0.29) is 24.0 Å². The molecule has 1 N–H and O–H groups in total. The summed E-state index contributed by atoms with van der Waals surface area (Å²) in [6.45, 7) is 4.53. The van der Waals surface area contributed by atoms with Crippen LogP contribution in [0.15, 0.2) is 72.4 Å². The second-order valence-corrected chi connectivity index (χ2v) is 7.93. The van der Waals surface area contributed by atoms with E-state index < -0.39 is 11.7 Å². The average molecular weight is 477 g/mol. The minimum Gasteiger partial charge on any atom is -0.486 e. The molecule has 10 heteroatoms. The van der Waals surface area contributed by atoms with Gasteiger partial charge in [-0.1, -0.05) is 54.2 Å². The van der Waals surface area contributed by atoms with E-state index in [2.05, 4.69) is 22.1 Å². The van der Waals surface area contributed by atoms with Gasteiger partial charge in [0.15, 0.2) is 11.0 Å². The Morgan fingerprint density at radius 1 is 1.15 bits per heavy atom. The van der Waals surface area contributed by atoms with Crippen LogP contribution in [0.2, 0.25) is 0 Å². The molecule has 0 spiro atoms. The largest absolute Gasteiger partial charge is 0.486 e. The molecule has 0 atom stereocenters. The van der Waals surface area contributed by atoms with Crippen LogP contribution in [0.25, 0.3) is 0 Å². The van der Waals surface area contributed by atoms with Crippen molar-refractivity contribution in [3.05, 3.63) is 84.2 Å². The van der Waals surface area contributed by atoms with E-state index in [4.69, 9.17) is 4.74 Å². The molecule has 174 valence electrons. The molecule has 0 saturated carbocycles. The number of halogens is 3. The van der Waals surface area contributed by atoms with Gasteiger partial charge in [-0.15, -0.1) is 16.8 Å². The van der Waals surface area contributed by atoms with E-state index >= 15 is 0 Å². The lowest BCUT2D eigenvalue weighted by atomic mass is 10.1. The number of thioether (sulfide) groups is 1. The summed E-state index contributed by atoms with van der Waals surface area (Å²) in [7, 11) is 0. The second-order valence-electron chi connectivity index (χ2n) is 6.99. The maximum Gasteiger partial charge on any atom is 0.416 e. The number of nitrogens with one attached hydrogen (secondary N) is 1. The van der Waals surface area contributed by atoms with Crippen LogP contribution in [-0.4, -0.2) is 33.0 Å². The highest BCUT2D eigenvalue weighted by Gasteiger charge is 2.30. The van der Waals surface area contributed by atoms with Crippen molar-refractivity contribution in [1.29, 1.82) is 0 Å². The van der Waals surface area contributed by atoms with Crippen molar-refractivity contribution in [3.63, 3.8) is 0 Å². The molecule has 0 saturated heterocycles. The summed E-state index contributed by atoms with van der Waals surface area (Å²) in [5.41, 5.74) is 0.351. The molecular weight excluding hydrogens is 453 g/mol. The fraction of sp³-hybridized carbons (Fsp3) is 0.261. The maximum atomic E-state index is 12.9. The molecule has 3 aromatic rings. The number of carbonyl (C=O) groups excluding carboxylic acids is 1. The quantitative estimate of drug-likeness (QED) is 0.326. The Morgan fingerprint density at radius 3 is 2.67 bits per heavy atom. The summed E-state index contributed by atoms with van der Waals surface area (Å²) in [5.74, 6) is 0.508. The van der Waals surface area contributed by atoms with Crippen LogP contribution in [-0.2, 0) is 30.5 Å². The Bertz CT molecular complexity index is 1070. The van der Waals surface area contributed by atoms with Gasteiger partial charge in [0.25, 0.3) is 0 Å². The predicted molar refractivity (Wildman–Crippen MR) is 120 cm³/mol. The van der Waals surface area contributed by atoms with E-state index in [9.17, 15) is 18.0 Å². The number of carbonyl (C=O) groups is 1. The summed E-state index contributed by atoms with van der Waals surface area (Å²) in [6.07, 6.45) is -2.07. The molecule has 0 radical (unpaired) electrons. The topological polar surface area (TPSA) is 69.0 Å². The minimum atomic E-state index is -4.45. The van der Waals surface area contributed by atoms with Gasteiger partial charge in [-0.05, 0) is 30.2 Å². The fourth-order valence-corrected chi connectivity index (χ4v) is 3.72. The number of alkyl halides is 3. The first-order valence-electron chi connectivity index (χ1n) is 10.1. The highest BCUT2D eigenvalue weighted by Crippen LogP contribution is 2.31. The van der Waals surface area contributed by atoms with E-state index in [0.29, 0.717) is 24.1 Å². The lowest BCUT2D eigenvalue weighted by molar-refractivity contribution is -0.137. The smallest absolute Gasteiger partial charge is 0.416 e. The molecule has 0 fully saturated rings. The molecule has 1 heterocycles. The van der Waals surface area contributed by atoms with Crippen molar-refractivity contribution in [3.8, 4) is 5.75 Å². The Hall–Kier alpha value is -3.27. The third-order valence-electron chi connectivity index (χ3n) is 4.55. The van der Waals surface area contributed by atoms with Gasteiger partial charge in [-0.25, -0.2) is 0 Å². The van der Waals surface area contributed by atoms with Crippen LogP contribution in [0.3, 0.4) is 0 Å². The lowest BCUT2D eigenvalue weighted by Crippen LogP contribution is -2.27. The number of ether oxygens (including phenoxy) is 1. The van der Waals surface area contributed by atoms with E-state index in [1.54, 1.807) is 10.6 Å². The Morgan fingerprint density at radius 2 is 1.94 bits per heavy atom. The normalized spacial score (nSPS) is 11.2. The van der Waals surface area contributed by atoms with Gasteiger partial charge in [0.1, 0.15) is 12.4 Å². The Kier molecular flexibility index (Phi) is 8.53. The SMILES string of the molecule is C=CCn1c(COc2cccc(C(F)(F)F)c2)nnc1SCC(=O)NCCc1ccccc1. The predicted octanol–water partition coefficient (Wildman–Crippen LogP) is 4.51. The van der Waals surface area contributed by atoms with E-state index in [1.807, 2.05) is 30.3 Å². The van der Waals surface area contributed by atoms with Gasteiger partial charge in [0.05, 0.1) is 11.3 Å². The van der Waals surface area contributed by atoms with Crippen LogP contribution >= 0.6 is 11.8 Å². The molecule has 3 rings (SSSR count). The number of hydrogen-bond acceptors (Lipinski definition) is 5. The van der Waals surface area contributed by atoms with Crippen LogP contribution in [0.5, 0.6) is 5.75 Å². The summed E-state index contributed by atoms with van der Waals surface area (Å²) in [4.78, 5) is 12.2. The molecule has 0 aliphatic heterocycles. The van der Waals surface area contributed by atoms with Gasteiger partial charge < -0.3 is 10.1 Å². The summed E-state index contributed by atoms with van der Waals surface area (Å²) in [5, 5.41) is 11.5. The first-order valence-corrected chi connectivity index (χ1v) is 11.1. The maximum absolute atomic E-state index is 12.9. The summed E-state index contributed by atoms with van der Waals surface area (Å²) < 4.78 is 45.9. The van der Waals surface area contributed by atoms with Crippen LogP contribution in [0, 0.1) is 0 Å². The van der Waals surface area contributed by atoms with Crippen LogP contribution in [0.4, 0.5) is 13.2 Å². The number of aromatic nitrogens is 3. The van der Waals surface area contributed by atoms with Crippen LogP contribution < -0.4 is 10.1 Å². The monoisotopic (exact) mass is 476 g/mol. The third kappa shape index (κ3) is 7.38. The van der Waals surface area contributed by atoms with Crippen LogP contribution in [0.1, 0.15) is 17.0 Å². The average Bonchev–Trinajstić information content (AvgIpc) is 3.18. The molecule has 0 bridgehead atoms. The summed E-state index contributed by atoms with van der Waals surface area (Å²) in [6, 6.07) is 14.5. The summed E-state index contributed by atoms with van der Waals surface area (Å²) >= 11 is 1.21. The van der Waals surface area contributed by atoms with Crippen molar-refractivity contribution >= 4 is 17.7 Å². The highest BCUT2D eigenvalue weighted by atomic mass is 32.2. The van der Waals surface area contributed by atoms with Gasteiger partial charge >= 0.3 is 6.18 Å². The van der Waals surface area contributed by atoms with Crippen molar-refractivity contribution in [2.24, 2.45) is 0 Å². The lowest BCUT2D eigenvalue weighted by Gasteiger charge is -2.11. The number of hydrogen-bond donors (Lipinski definition) is 1. The van der Waals surface area contributed by atoms with Crippen molar-refractivity contribution in [2.45, 2.75) is 30.9 Å². The van der Waals surface area contributed by atoms with Crippen molar-refractivity contribution < 1.29 is 22.7 Å². The zero-order valence-corrected chi connectivity index (χ0v) is 18.5. The molecule has 1 aromatic heterocycles. The van der Waals surface area contributed by atoms with Gasteiger partial charge in [-0.2, -0.15) is 13.2 Å². The Balaban J connectivity index is 1.54. The van der Waals surface area contributed by atoms with Crippen molar-refractivity contribution in [2.75, 3.05) is 12.3 Å². The fourth-order valence-electron chi connectivity index (χ4n) is 2.93. The highest BCUT2D eigenvalue weighted by molar-refractivity contribution is 7.99. The van der Waals surface area contributed by atoms with E-state index in [1.165, 1.54) is 23.9 Å². The zero-order chi connectivity index (χ0) is 23.7. The first-order chi connectivity index (χ1) is 15.9. The molecular formula is C23H23F3N4O2S. The van der Waals surface area contributed by atoms with Crippen molar-refractivity contribution in [1.82, 2.24) is 20.1 Å². The third-order valence-corrected chi connectivity index (χ3v) is 5.51. The molecule has 33 heavy (non-hydrogen) atoms. The molecule has 0 unspecified atom stereocenters. The first kappa shape index (κ1) is 24.4. The number of benzene rings is 2. The van der Waals surface area contributed by atoms with Gasteiger partial charge in [-0.3, -0.25) is 9.36 Å². The van der Waals surface area contributed by atoms with E-state index in [0.717, 1.165) is 24.1 Å². The minimum absolute atomic E-state index is 0.0741. The number of amides is 1. The zero-order valence-electron chi connectivity index (χ0n) is 17.7.